The van der Waals surface area contributed by atoms with Crippen molar-refractivity contribution in [2.45, 2.75) is 45.1 Å². The van der Waals surface area contributed by atoms with Crippen LogP contribution < -0.4 is 5.32 Å². The number of aromatic nitrogens is 2. The van der Waals surface area contributed by atoms with E-state index in [1.54, 1.807) is 15.8 Å². The summed E-state index contributed by atoms with van der Waals surface area (Å²) in [4.78, 5) is 26.1. The number of amidine groups is 1. The Morgan fingerprint density at radius 3 is 2.87 bits per heavy atom. The van der Waals surface area contributed by atoms with Crippen molar-refractivity contribution < 1.29 is 18.4 Å². The average molecular weight is 432 g/mol. The van der Waals surface area contributed by atoms with E-state index in [1.165, 1.54) is 4.05 Å². The van der Waals surface area contributed by atoms with Crippen LogP contribution in [0.25, 0.3) is 0 Å². The van der Waals surface area contributed by atoms with E-state index in [-0.39, 0.29) is 30.4 Å². The van der Waals surface area contributed by atoms with Crippen LogP contribution in [0.5, 0.6) is 0 Å². The fourth-order valence-corrected chi connectivity index (χ4v) is 4.49. The van der Waals surface area contributed by atoms with Gasteiger partial charge in [-0.3, -0.25) is 9.48 Å². The van der Waals surface area contributed by atoms with E-state index in [4.69, 9.17) is 17.2 Å². The van der Waals surface area contributed by atoms with Crippen LogP contribution in [0, 0.1) is 11.8 Å². The van der Waals surface area contributed by atoms with Gasteiger partial charge < -0.3 is 15.0 Å². The minimum atomic E-state index is -0.205. The zero-order chi connectivity index (χ0) is 21.3. The summed E-state index contributed by atoms with van der Waals surface area (Å²) < 4.78 is 8.60. The van der Waals surface area contributed by atoms with E-state index in [2.05, 4.69) is 15.5 Å². The van der Waals surface area contributed by atoms with E-state index in [0.717, 1.165) is 43.5 Å². The lowest BCUT2D eigenvalue weighted by molar-refractivity contribution is -0.454. The number of rotatable bonds is 5. The van der Waals surface area contributed by atoms with Gasteiger partial charge in [-0.1, -0.05) is 0 Å². The van der Waals surface area contributed by atoms with E-state index < -0.39 is 0 Å². The Hall–Kier alpha value is -2.62. The Morgan fingerprint density at radius 2 is 2.20 bits per heavy atom. The van der Waals surface area contributed by atoms with Gasteiger partial charge in [-0.25, -0.2) is 4.79 Å². The summed E-state index contributed by atoms with van der Waals surface area (Å²) in [5.41, 5.74) is 1.76. The highest BCUT2D eigenvalue weighted by molar-refractivity contribution is 7.44. The zero-order valence-electron chi connectivity index (χ0n) is 17.3. The van der Waals surface area contributed by atoms with Crippen LogP contribution in [0.15, 0.2) is 29.3 Å². The van der Waals surface area contributed by atoms with Crippen LogP contribution in [0.1, 0.15) is 38.2 Å². The molecule has 2 aliphatic heterocycles. The molecule has 0 spiro atoms. The second-order valence-corrected chi connectivity index (χ2v) is 8.70. The summed E-state index contributed by atoms with van der Waals surface area (Å²) in [7, 11) is 1.81. The lowest BCUT2D eigenvalue weighted by Gasteiger charge is -2.37. The van der Waals surface area contributed by atoms with Crippen molar-refractivity contribution in [2.75, 3.05) is 13.2 Å². The predicted octanol–water partition coefficient (Wildman–Crippen LogP) is 1.68. The van der Waals surface area contributed by atoms with Crippen LogP contribution in [0.2, 0.25) is 0 Å². The maximum absolute atomic E-state index is 12.3. The molecule has 10 heteroatoms. The molecule has 3 heterocycles. The first-order valence-electron chi connectivity index (χ1n) is 10.4. The first kappa shape index (κ1) is 20.6. The zero-order valence-corrected chi connectivity index (χ0v) is 18.1. The Balaban J connectivity index is 1.25. The molecule has 0 bridgehead atoms. The lowest BCUT2D eigenvalue weighted by atomic mass is 10.0. The van der Waals surface area contributed by atoms with Crippen molar-refractivity contribution >= 4 is 30.3 Å². The molecule has 0 radical (unpaired) electrons. The predicted molar refractivity (Wildman–Crippen MR) is 111 cm³/mol. The quantitative estimate of drug-likeness (QED) is 0.716. The Kier molecular flexibility index (Phi) is 5.94. The SMILES string of the molecule is C[C@H]1CCN1C(=O)OCC1CC[C@H](C2=CC(NC(=O)Cc3cnn(C)c3)=N[N+]2=S)C1. The maximum Gasteiger partial charge on any atom is 0.410 e. The average Bonchev–Trinajstić information content (AvgIpc) is 3.39. The molecule has 9 nitrogen and oxygen atoms in total. The second kappa shape index (κ2) is 8.63. The van der Waals surface area contributed by atoms with Gasteiger partial charge in [0, 0.05) is 40.9 Å². The number of allylic oxidation sites excluding steroid dienone is 1. The number of carbonyl (C=O) groups excluding carboxylic acids is 2. The highest BCUT2D eigenvalue weighted by Gasteiger charge is 2.38. The smallest absolute Gasteiger partial charge is 0.410 e. The van der Waals surface area contributed by atoms with Gasteiger partial charge in [-0.15, -0.1) is 0 Å². The van der Waals surface area contributed by atoms with Crippen molar-refractivity contribution in [1.29, 1.82) is 0 Å². The van der Waals surface area contributed by atoms with Crippen molar-refractivity contribution in [3.8, 4) is 0 Å². The minimum absolute atomic E-state index is 0.154. The van der Waals surface area contributed by atoms with Crippen molar-refractivity contribution in [1.82, 2.24) is 20.0 Å². The van der Waals surface area contributed by atoms with Crippen molar-refractivity contribution in [3.63, 3.8) is 0 Å². The molecule has 1 N–H and O–H groups in total. The van der Waals surface area contributed by atoms with E-state index in [0.29, 0.717) is 18.4 Å². The third-order valence-corrected chi connectivity index (χ3v) is 6.34. The highest BCUT2D eigenvalue weighted by atomic mass is 32.1. The number of hydrogen-bond acceptors (Lipinski definition) is 5. The van der Waals surface area contributed by atoms with E-state index in [9.17, 15) is 9.59 Å². The second-order valence-electron chi connectivity index (χ2n) is 8.36. The number of carbonyl (C=O) groups is 2. The van der Waals surface area contributed by atoms with Gasteiger partial charge >= 0.3 is 18.5 Å². The molecule has 0 aromatic carbocycles. The summed E-state index contributed by atoms with van der Waals surface area (Å²) in [5.74, 6) is 0.893. The van der Waals surface area contributed by atoms with Gasteiger partial charge in [0.1, 0.15) is 0 Å². The van der Waals surface area contributed by atoms with E-state index in [1.807, 2.05) is 26.2 Å². The van der Waals surface area contributed by atoms with Crippen LogP contribution in [0.3, 0.4) is 0 Å². The van der Waals surface area contributed by atoms with Gasteiger partial charge in [0.05, 0.1) is 25.3 Å². The van der Waals surface area contributed by atoms with Gasteiger partial charge in [-0.05, 0) is 44.1 Å². The van der Waals surface area contributed by atoms with Crippen molar-refractivity contribution in [2.24, 2.45) is 24.0 Å². The van der Waals surface area contributed by atoms with Gasteiger partial charge in [-0.2, -0.15) is 5.10 Å². The lowest BCUT2D eigenvalue weighted by Crippen LogP contribution is -2.49. The number of ether oxygens (including phenoxy) is 1. The number of hydrazone groups is 1. The highest BCUT2D eigenvalue weighted by Crippen LogP contribution is 2.37. The standard InChI is InChI=1S/C20H26N6O3S/c1-13-5-6-25(13)20(28)29-12-14-3-4-16(7-14)17-9-18(23-26(17)30)22-19(27)8-15-10-21-24(2)11-15/h9-11,13-14,16H,3-8,12H2,1-2H3/p+1/t13-,14?,16-/m0/s1. The van der Waals surface area contributed by atoms with Crippen LogP contribution in [0.4, 0.5) is 4.79 Å². The molecule has 160 valence electrons. The molecule has 1 aliphatic carbocycles. The van der Waals surface area contributed by atoms with Crippen LogP contribution in [-0.2, 0) is 35.4 Å². The molecule has 1 aromatic rings. The number of nitrogens with one attached hydrogen (secondary N) is 1. The number of amides is 2. The van der Waals surface area contributed by atoms with Gasteiger partial charge in [0.2, 0.25) is 17.4 Å². The number of hydrogen-bond donors (Lipinski definition) is 1. The molecule has 1 unspecified atom stereocenters. The largest absolute Gasteiger partial charge is 0.449 e. The summed E-state index contributed by atoms with van der Waals surface area (Å²) in [5, 5.41) is 11.2. The van der Waals surface area contributed by atoms with Gasteiger partial charge in [0.25, 0.3) is 0 Å². The third kappa shape index (κ3) is 4.58. The Labute approximate surface area is 180 Å². The molecule has 1 saturated carbocycles. The first-order valence-corrected chi connectivity index (χ1v) is 10.7. The molecule has 3 aliphatic rings. The topological polar surface area (TPSA) is 91.8 Å². The van der Waals surface area contributed by atoms with Gasteiger partial charge in [0.15, 0.2) is 0 Å². The minimum Gasteiger partial charge on any atom is -0.449 e. The third-order valence-electron chi connectivity index (χ3n) is 6.05. The molecule has 3 atom stereocenters. The fraction of sp³-hybridized carbons (Fsp3) is 0.600. The molecular weight excluding hydrogens is 404 g/mol. The molecule has 2 amide bonds. The monoisotopic (exact) mass is 431 g/mol. The first-order chi connectivity index (χ1) is 14.4. The number of nitrogens with zero attached hydrogens (tertiary/aromatic N) is 5. The van der Waals surface area contributed by atoms with Crippen LogP contribution in [-0.4, -0.2) is 55.8 Å². The summed E-state index contributed by atoms with van der Waals surface area (Å²) >= 11 is 5.36. The summed E-state index contributed by atoms with van der Waals surface area (Å²) in [6.07, 6.45) is 9.26. The Morgan fingerprint density at radius 1 is 1.37 bits per heavy atom. The van der Waals surface area contributed by atoms with E-state index >= 15 is 0 Å². The fourth-order valence-electron chi connectivity index (χ4n) is 4.21. The Bertz CT molecular complexity index is 923. The molecule has 1 saturated heterocycles. The molecule has 4 rings (SSSR count). The van der Waals surface area contributed by atoms with Crippen LogP contribution >= 0.6 is 0 Å². The molecule has 30 heavy (non-hydrogen) atoms. The maximum atomic E-state index is 12.3. The molecular formula is C20H27N6O3S+. The molecule has 1 aromatic heterocycles. The molecule has 2 fully saturated rings. The van der Waals surface area contributed by atoms with Crippen molar-refractivity contribution in [3.05, 3.63) is 29.7 Å². The normalized spacial score (nSPS) is 25.6. The number of aryl methyl sites for hydroxylation is 1. The summed E-state index contributed by atoms with van der Waals surface area (Å²) in [6.45, 7) is 3.27. The summed E-state index contributed by atoms with van der Waals surface area (Å²) in [6, 6.07) is 0.287. The number of likely N-dealkylation sites (tertiary alicyclic amines) is 1.